The highest BCUT2D eigenvalue weighted by molar-refractivity contribution is 5.63. The maximum absolute atomic E-state index is 13.2. The van der Waals surface area contributed by atoms with Gasteiger partial charge in [0.15, 0.2) is 0 Å². The SMILES string of the molecule is Cc1c(F)cccc1-c1ccccn1. The van der Waals surface area contributed by atoms with Crippen molar-refractivity contribution in [3.8, 4) is 11.3 Å². The van der Waals surface area contributed by atoms with E-state index in [0.717, 1.165) is 11.3 Å². The molecule has 0 N–H and O–H groups in total. The zero-order chi connectivity index (χ0) is 9.97. The Morgan fingerprint density at radius 2 is 1.93 bits per heavy atom. The summed E-state index contributed by atoms with van der Waals surface area (Å²) >= 11 is 0. The molecule has 0 bridgehead atoms. The molecule has 0 aliphatic carbocycles. The third-order valence-corrected chi connectivity index (χ3v) is 2.21. The minimum Gasteiger partial charge on any atom is -0.256 e. The fourth-order valence-electron chi connectivity index (χ4n) is 1.41. The molecule has 2 rings (SSSR count). The number of nitrogens with zero attached hydrogens (tertiary/aromatic N) is 1. The molecule has 1 nitrogen and oxygen atoms in total. The third kappa shape index (κ3) is 1.51. The first kappa shape index (κ1) is 8.88. The number of hydrogen-bond donors (Lipinski definition) is 0. The average molecular weight is 187 g/mol. The first-order valence-electron chi connectivity index (χ1n) is 4.45. The van der Waals surface area contributed by atoms with Gasteiger partial charge in [0.1, 0.15) is 5.82 Å². The van der Waals surface area contributed by atoms with Gasteiger partial charge in [-0.1, -0.05) is 18.2 Å². The fraction of sp³-hybridized carbons (Fsp3) is 0.0833. The average Bonchev–Trinajstić information content (AvgIpc) is 2.23. The van der Waals surface area contributed by atoms with E-state index in [1.165, 1.54) is 6.07 Å². The molecule has 1 aromatic carbocycles. The summed E-state index contributed by atoms with van der Waals surface area (Å²) in [5, 5.41) is 0. The highest BCUT2D eigenvalue weighted by Crippen LogP contribution is 2.22. The van der Waals surface area contributed by atoms with E-state index >= 15 is 0 Å². The second-order valence-electron chi connectivity index (χ2n) is 3.13. The molecular weight excluding hydrogens is 177 g/mol. The van der Waals surface area contributed by atoms with Crippen LogP contribution in [0.3, 0.4) is 0 Å². The summed E-state index contributed by atoms with van der Waals surface area (Å²) in [5.41, 5.74) is 2.31. The van der Waals surface area contributed by atoms with Gasteiger partial charge in [0.2, 0.25) is 0 Å². The Balaban J connectivity index is 2.58. The lowest BCUT2D eigenvalue weighted by molar-refractivity contribution is 0.619. The van der Waals surface area contributed by atoms with Crippen molar-refractivity contribution in [2.75, 3.05) is 0 Å². The van der Waals surface area contributed by atoms with Crippen molar-refractivity contribution < 1.29 is 4.39 Å². The molecule has 0 unspecified atom stereocenters. The lowest BCUT2D eigenvalue weighted by atomic mass is 10.1. The van der Waals surface area contributed by atoms with Crippen LogP contribution in [0.1, 0.15) is 5.56 Å². The Hall–Kier alpha value is -1.70. The molecule has 1 heterocycles. The monoisotopic (exact) mass is 187 g/mol. The Morgan fingerprint density at radius 3 is 2.64 bits per heavy atom. The summed E-state index contributed by atoms with van der Waals surface area (Å²) in [5.74, 6) is -0.187. The quantitative estimate of drug-likeness (QED) is 0.668. The molecule has 0 amide bonds. The van der Waals surface area contributed by atoms with E-state index in [0.29, 0.717) is 5.56 Å². The van der Waals surface area contributed by atoms with Crippen LogP contribution in [-0.2, 0) is 0 Å². The molecule has 1 aromatic heterocycles. The molecule has 2 heteroatoms. The van der Waals surface area contributed by atoms with Crippen molar-refractivity contribution in [2.24, 2.45) is 0 Å². The van der Waals surface area contributed by atoms with Crippen LogP contribution in [0, 0.1) is 12.7 Å². The molecule has 0 aliphatic heterocycles. The predicted molar refractivity (Wildman–Crippen MR) is 54.4 cm³/mol. The number of halogens is 1. The lowest BCUT2D eigenvalue weighted by Gasteiger charge is -2.04. The lowest BCUT2D eigenvalue weighted by Crippen LogP contribution is -1.89. The predicted octanol–water partition coefficient (Wildman–Crippen LogP) is 3.20. The minimum atomic E-state index is -0.187. The summed E-state index contributed by atoms with van der Waals surface area (Å²) in [4.78, 5) is 4.18. The molecule has 0 fully saturated rings. The van der Waals surface area contributed by atoms with Crippen LogP contribution in [0.25, 0.3) is 11.3 Å². The van der Waals surface area contributed by atoms with Gasteiger partial charge < -0.3 is 0 Å². The Kier molecular flexibility index (Phi) is 2.27. The summed E-state index contributed by atoms with van der Waals surface area (Å²) in [6.45, 7) is 1.76. The van der Waals surface area contributed by atoms with E-state index < -0.39 is 0 Å². The van der Waals surface area contributed by atoms with Crippen molar-refractivity contribution in [2.45, 2.75) is 6.92 Å². The Bertz CT molecular complexity index is 437. The summed E-state index contributed by atoms with van der Waals surface area (Å²) in [6, 6.07) is 10.7. The fourth-order valence-corrected chi connectivity index (χ4v) is 1.41. The molecular formula is C12H10FN. The van der Waals surface area contributed by atoms with Crippen LogP contribution >= 0.6 is 0 Å². The van der Waals surface area contributed by atoms with Crippen LogP contribution in [-0.4, -0.2) is 4.98 Å². The van der Waals surface area contributed by atoms with E-state index in [2.05, 4.69) is 4.98 Å². The summed E-state index contributed by atoms with van der Waals surface area (Å²) < 4.78 is 13.2. The highest BCUT2D eigenvalue weighted by Gasteiger charge is 2.05. The van der Waals surface area contributed by atoms with Crippen molar-refractivity contribution >= 4 is 0 Å². The van der Waals surface area contributed by atoms with E-state index in [9.17, 15) is 4.39 Å². The van der Waals surface area contributed by atoms with E-state index in [-0.39, 0.29) is 5.82 Å². The summed E-state index contributed by atoms with van der Waals surface area (Å²) in [7, 11) is 0. The van der Waals surface area contributed by atoms with Gasteiger partial charge in [0, 0.05) is 11.8 Å². The number of pyridine rings is 1. The molecule has 2 aromatic rings. The minimum absolute atomic E-state index is 0.187. The number of aromatic nitrogens is 1. The molecule has 0 atom stereocenters. The molecule has 70 valence electrons. The molecule has 0 saturated carbocycles. The van der Waals surface area contributed by atoms with Gasteiger partial charge in [-0.2, -0.15) is 0 Å². The van der Waals surface area contributed by atoms with E-state index in [1.54, 1.807) is 19.2 Å². The normalized spacial score (nSPS) is 10.1. The van der Waals surface area contributed by atoms with Crippen LogP contribution in [0.15, 0.2) is 42.6 Å². The van der Waals surface area contributed by atoms with E-state index in [4.69, 9.17) is 0 Å². The van der Waals surface area contributed by atoms with Crippen LogP contribution in [0.2, 0.25) is 0 Å². The topological polar surface area (TPSA) is 12.9 Å². The standard InChI is InChI=1S/C12H10FN/c1-9-10(5-4-6-11(9)13)12-7-2-3-8-14-12/h2-8H,1H3. The van der Waals surface area contributed by atoms with Gasteiger partial charge in [-0.05, 0) is 30.7 Å². The zero-order valence-electron chi connectivity index (χ0n) is 7.87. The van der Waals surface area contributed by atoms with Gasteiger partial charge in [-0.3, -0.25) is 4.98 Å². The molecule has 0 aliphatic rings. The molecule has 0 saturated heterocycles. The van der Waals surface area contributed by atoms with Crippen LogP contribution in [0.5, 0.6) is 0 Å². The van der Waals surface area contributed by atoms with Crippen molar-refractivity contribution in [1.29, 1.82) is 0 Å². The Morgan fingerprint density at radius 1 is 1.07 bits per heavy atom. The molecule has 0 radical (unpaired) electrons. The number of rotatable bonds is 1. The molecule has 0 spiro atoms. The van der Waals surface area contributed by atoms with Crippen LogP contribution < -0.4 is 0 Å². The zero-order valence-corrected chi connectivity index (χ0v) is 7.87. The Labute approximate surface area is 82.2 Å². The van der Waals surface area contributed by atoms with Crippen molar-refractivity contribution in [3.05, 3.63) is 54.0 Å². The number of benzene rings is 1. The molecule has 14 heavy (non-hydrogen) atoms. The largest absolute Gasteiger partial charge is 0.256 e. The van der Waals surface area contributed by atoms with Gasteiger partial charge in [0.25, 0.3) is 0 Å². The maximum atomic E-state index is 13.2. The van der Waals surface area contributed by atoms with Gasteiger partial charge in [-0.25, -0.2) is 4.39 Å². The van der Waals surface area contributed by atoms with E-state index in [1.807, 2.05) is 24.3 Å². The second-order valence-corrected chi connectivity index (χ2v) is 3.13. The van der Waals surface area contributed by atoms with Crippen LogP contribution in [0.4, 0.5) is 4.39 Å². The second kappa shape index (κ2) is 3.58. The maximum Gasteiger partial charge on any atom is 0.126 e. The van der Waals surface area contributed by atoms with Crippen molar-refractivity contribution in [1.82, 2.24) is 4.98 Å². The number of hydrogen-bond acceptors (Lipinski definition) is 1. The van der Waals surface area contributed by atoms with Gasteiger partial charge >= 0.3 is 0 Å². The van der Waals surface area contributed by atoms with Crippen molar-refractivity contribution in [3.63, 3.8) is 0 Å². The van der Waals surface area contributed by atoms with Gasteiger partial charge in [0.05, 0.1) is 5.69 Å². The highest BCUT2D eigenvalue weighted by atomic mass is 19.1. The smallest absolute Gasteiger partial charge is 0.126 e. The van der Waals surface area contributed by atoms with Gasteiger partial charge in [-0.15, -0.1) is 0 Å². The first-order valence-corrected chi connectivity index (χ1v) is 4.45. The first-order chi connectivity index (χ1) is 6.79. The third-order valence-electron chi connectivity index (χ3n) is 2.21. The summed E-state index contributed by atoms with van der Waals surface area (Å²) in [6.07, 6.45) is 1.71.